The summed E-state index contributed by atoms with van der Waals surface area (Å²) in [5.41, 5.74) is 3.44. The van der Waals surface area contributed by atoms with Gasteiger partial charge in [-0.2, -0.15) is 0 Å². The number of carbonyl (C=O) groups excluding carboxylic acids is 2. The average Bonchev–Trinajstić information content (AvgIpc) is 3.32. The van der Waals surface area contributed by atoms with Crippen LogP contribution in [0.2, 0.25) is 0 Å². The molecule has 10 nitrogen and oxygen atoms in total. The third-order valence-electron chi connectivity index (χ3n) is 9.75. The van der Waals surface area contributed by atoms with Gasteiger partial charge in [-0.1, -0.05) is 0 Å². The molecule has 2 bridgehead atoms. The van der Waals surface area contributed by atoms with Gasteiger partial charge in [0, 0.05) is 37.6 Å². The molecule has 1 saturated heterocycles. The molecule has 4 aromatic rings. The van der Waals surface area contributed by atoms with Gasteiger partial charge in [-0.15, -0.1) is 0 Å². The number of carbonyl (C=O) groups is 2. The van der Waals surface area contributed by atoms with E-state index in [1.165, 1.54) is 18.9 Å². The van der Waals surface area contributed by atoms with Gasteiger partial charge in [-0.3, -0.25) is 4.79 Å². The van der Waals surface area contributed by atoms with Crippen molar-refractivity contribution in [3.63, 3.8) is 0 Å². The minimum Gasteiger partial charge on any atom is -0.490 e. The van der Waals surface area contributed by atoms with E-state index in [-0.39, 0.29) is 29.5 Å². The summed E-state index contributed by atoms with van der Waals surface area (Å²) in [6, 6.07) is 8.89. The summed E-state index contributed by atoms with van der Waals surface area (Å²) in [6.45, 7) is 8.20. The number of imidazole rings is 1. The number of hydrogen-bond acceptors (Lipinski definition) is 6. The summed E-state index contributed by atoms with van der Waals surface area (Å²) in [4.78, 5) is 33.1. The number of piperidine rings is 1. The number of hydrogen-bond donors (Lipinski definition) is 2. The Labute approximate surface area is 260 Å². The lowest BCUT2D eigenvalue weighted by molar-refractivity contribution is 0.0485. The Morgan fingerprint density at radius 1 is 1.13 bits per heavy atom. The number of nitrogens with zero attached hydrogens (tertiary/aromatic N) is 4. The van der Waals surface area contributed by atoms with Gasteiger partial charge >= 0.3 is 6.09 Å². The van der Waals surface area contributed by atoms with Crippen molar-refractivity contribution >= 4 is 39.6 Å². The molecule has 2 amide bonds. The third-order valence-corrected chi connectivity index (χ3v) is 9.75. The van der Waals surface area contributed by atoms with Gasteiger partial charge in [-0.25, -0.2) is 14.2 Å². The number of nitrogens with one attached hydrogen (secondary N) is 2. The van der Waals surface area contributed by atoms with Crippen molar-refractivity contribution in [3.05, 3.63) is 41.7 Å². The molecule has 2 N–H and O–H groups in total. The standard InChI is InChI=1S/C34H39FN6O4/c1-34(2,3)45-33(43)38-27-20-7-9-24(27)41(17-20)32(42)21-13-22(35)30-23(14-21)37-31(39(30)4)25-15-19-8-10-26-28(36-11-12-44-26)29(19)40(25)16-18-5-6-18/h8,10,13-15,18,20,24,27,36H,5-7,9,11-12,16-17H2,1-4H3,(H,38,43)/t20-,24-,27-/m1/s1. The predicted molar refractivity (Wildman–Crippen MR) is 169 cm³/mol. The maximum absolute atomic E-state index is 15.9. The maximum Gasteiger partial charge on any atom is 0.407 e. The minimum atomic E-state index is -0.608. The van der Waals surface area contributed by atoms with Crippen LogP contribution in [-0.2, 0) is 18.3 Å². The highest BCUT2D eigenvalue weighted by molar-refractivity contribution is 6.00. The van der Waals surface area contributed by atoms with Crippen LogP contribution in [0.4, 0.5) is 14.9 Å². The molecule has 2 aliphatic carbocycles. The SMILES string of the molecule is Cn1c(-c2cc3ccc4c(c3n2CC2CC2)NCCO4)nc2cc(C(=O)N3C[C@H]4CC[C@@H]3[C@@H]4NC(=O)OC(C)(C)C)cc(F)c21. The van der Waals surface area contributed by atoms with Crippen LogP contribution in [0, 0.1) is 17.7 Å². The Kier molecular flexibility index (Phi) is 6.34. The van der Waals surface area contributed by atoms with Crippen LogP contribution in [-0.4, -0.2) is 68.4 Å². The molecule has 4 heterocycles. The second-order valence-corrected chi connectivity index (χ2v) is 14.1. The highest BCUT2D eigenvalue weighted by Gasteiger charge is 2.50. The van der Waals surface area contributed by atoms with E-state index in [0.29, 0.717) is 35.9 Å². The van der Waals surface area contributed by atoms with Gasteiger partial charge in [0.25, 0.3) is 5.91 Å². The number of alkyl carbamates (subject to hydrolysis) is 1. The van der Waals surface area contributed by atoms with Gasteiger partial charge in [0.1, 0.15) is 35.0 Å². The Morgan fingerprint density at radius 3 is 2.73 bits per heavy atom. The summed E-state index contributed by atoms with van der Waals surface area (Å²) in [5.74, 6) is 1.50. The monoisotopic (exact) mass is 614 g/mol. The molecule has 236 valence electrons. The Balaban J connectivity index is 1.13. The smallest absolute Gasteiger partial charge is 0.407 e. The number of likely N-dealkylation sites (tertiary alicyclic amines) is 1. The van der Waals surface area contributed by atoms with E-state index in [0.717, 1.165) is 54.0 Å². The summed E-state index contributed by atoms with van der Waals surface area (Å²) in [5, 5.41) is 7.60. The molecular weight excluding hydrogens is 575 g/mol. The van der Waals surface area contributed by atoms with E-state index < -0.39 is 17.5 Å². The molecule has 8 rings (SSSR count). The molecule has 0 unspecified atom stereocenters. The molecular formula is C34H39FN6O4. The summed E-state index contributed by atoms with van der Waals surface area (Å²) < 4.78 is 31.4. The van der Waals surface area contributed by atoms with Crippen LogP contribution >= 0.6 is 0 Å². The van der Waals surface area contributed by atoms with Crippen molar-refractivity contribution in [2.24, 2.45) is 18.9 Å². The quantitative estimate of drug-likeness (QED) is 0.300. The number of aromatic nitrogens is 3. The first-order chi connectivity index (χ1) is 21.6. The van der Waals surface area contributed by atoms with E-state index in [1.54, 1.807) is 15.5 Å². The number of anilines is 1. The first-order valence-corrected chi connectivity index (χ1v) is 16.1. The molecule has 2 saturated carbocycles. The van der Waals surface area contributed by atoms with Gasteiger partial charge in [0.15, 0.2) is 5.82 Å². The van der Waals surface area contributed by atoms with E-state index in [4.69, 9.17) is 14.5 Å². The van der Waals surface area contributed by atoms with Crippen LogP contribution in [0.15, 0.2) is 30.3 Å². The van der Waals surface area contributed by atoms with Crippen LogP contribution in [0.25, 0.3) is 33.5 Å². The normalized spacial score (nSPS) is 22.4. The second kappa shape index (κ2) is 10.1. The Bertz CT molecular complexity index is 1870. The Morgan fingerprint density at radius 2 is 1.96 bits per heavy atom. The third kappa shape index (κ3) is 4.78. The van der Waals surface area contributed by atoms with Gasteiger partial charge in [0.2, 0.25) is 0 Å². The fourth-order valence-corrected chi connectivity index (χ4v) is 7.61. The maximum atomic E-state index is 15.9. The molecule has 45 heavy (non-hydrogen) atoms. The van der Waals surface area contributed by atoms with Crippen LogP contribution < -0.4 is 15.4 Å². The second-order valence-electron chi connectivity index (χ2n) is 14.1. The Hall–Kier alpha value is -4.28. The number of halogens is 1. The lowest BCUT2D eigenvalue weighted by Gasteiger charge is -2.28. The molecule has 2 aliphatic heterocycles. The first-order valence-electron chi connectivity index (χ1n) is 16.1. The summed E-state index contributed by atoms with van der Waals surface area (Å²) >= 11 is 0. The zero-order chi connectivity index (χ0) is 31.2. The van der Waals surface area contributed by atoms with Crippen molar-refractivity contribution in [2.75, 3.05) is 25.0 Å². The van der Waals surface area contributed by atoms with E-state index in [9.17, 15) is 9.59 Å². The number of ether oxygens (including phenoxy) is 2. The molecule has 2 aromatic heterocycles. The predicted octanol–water partition coefficient (Wildman–Crippen LogP) is 5.68. The first kappa shape index (κ1) is 28.2. The summed E-state index contributed by atoms with van der Waals surface area (Å²) in [6.07, 6.45) is 3.60. The van der Waals surface area contributed by atoms with E-state index >= 15 is 4.39 Å². The summed E-state index contributed by atoms with van der Waals surface area (Å²) in [7, 11) is 1.83. The number of benzene rings is 2. The number of fused-ring (bicyclic) bond motifs is 6. The van der Waals surface area contributed by atoms with Crippen LogP contribution in [0.1, 0.15) is 56.8 Å². The van der Waals surface area contributed by atoms with E-state index in [2.05, 4.69) is 27.3 Å². The fraction of sp³-hybridized carbons (Fsp3) is 0.500. The van der Waals surface area contributed by atoms with Crippen molar-refractivity contribution in [3.8, 4) is 17.3 Å². The highest BCUT2D eigenvalue weighted by atomic mass is 19.1. The fourth-order valence-electron chi connectivity index (χ4n) is 7.61. The minimum absolute atomic E-state index is 0.139. The van der Waals surface area contributed by atoms with E-state index in [1.807, 2.05) is 33.9 Å². The highest BCUT2D eigenvalue weighted by Crippen LogP contribution is 2.43. The molecule has 2 aromatic carbocycles. The largest absolute Gasteiger partial charge is 0.490 e. The molecule has 0 spiro atoms. The topological polar surface area (TPSA) is 103 Å². The molecule has 0 radical (unpaired) electrons. The molecule has 4 aliphatic rings. The lowest BCUT2D eigenvalue weighted by Crippen LogP contribution is -2.46. The van der Waals surface area contributed by atoms with Crippen molar-refractivity contribution in [1.29, 1.82) is 0 Å². The average molecular weight is 615 g/mol. The van der Waals surface area contributed by atoms with Gasteiger partial charge < -0.3 is 34.1 Å². The van der Waals surface area contributed by atoms with Crippen LogP contribution in [0.5, 0.6) is 5.75 Å². The van der Waals surface area contributed by atoms with Gasteiger partial charge in [-0.05, 0) is 88.6 Å². The van der Waals surface area contributed by atoms with Crippen molar-refractivity contribution < 1.29 is 23.5 Å². The lowest BCUT2D eigenvalue weighted by atomic mass is 10.1. The van der Waals surface area contributed by atoms with Crippen molar-refractivity contribution in [1.82, 2.24) is 24.3 Å². The number of amides is 2. The zero-order valence-corrected chi connectivity index (χ0v) is 26.2. The molecule has 3 fully saturated rings. The number of aryl methyl sites for hydroxylation is 1. The molecule has 3 atom stereocenters. The van der Waals surface area contributed by atoms with Crippen molar-refractivity contribution in [2.45, 2.75) is 70.7 Å². The van der Waals surface area contributed by atoms with Gasteiger partial charge in [0.05, 0.1) is 28.8 Å². The molecule has 11 heteroatoms. The van der Waals surface area contributed by atoms with Crippen LogP contribution in [0.3, 0.4) is 0 Å². The zero-order valence-electron chi connectivity index (χ0n) is 26.2. The number of rotatable bonds is 5.